The Morgan fingerprint density at radius 2 is 2.20 bits per heavy atom. The minimum absolute atomic E-state index is 0.0706. The summed E-state index contributed by atoms with van der Waals surface area (Å²) in [5.74, 6) is 0.0692. The molecule has 1 aromatic carbocycles. The van der Waals surface area contributed by atoms with E-state index < -0.39 is 0 Å². The molecule has 1 aliphatic rings. The lowest BCUT2D eigenvalue weighted by Crippen LogP contribution is -2.36. The molecule has 0 amide bonds. The molecule has 1 N–H and O–H groups in total. The fraction of sp³-hybridized carbons (Fsp3) is 0.500. The summed E-state index contributed by atoms with van der Waals surface area (Å²) < 4.78 is 13.0. The maximum atomic E-state index is 13.0. The van der Waals surface area contributed by atoms with Gasteiger partial charge in [-0.15, -0.1) is 0 Å². The Kier molecular flexibility index (Phi) is 2.73. The lowest BCUT2D eigenvalue weighted by molar-refractivity contribution is 0.410. The minimum Gasteiger partial charge on any atom is -0.311 e. The van der Waals surface area contributed by atoms with Crippen molar-refractivity contribution in [3.05, 3.63) is 34.6 Å². The maximum absolute atomic E-state index is 13.0. The van der Waals surface area contributed by atoms with Gasteiger partial charge in [-0.3, -0.25) is 0 Å². The summed E-state index contributed by atoms with van der Waals surface area (Å²) in [6.07, 6.45) is 1.08. The van der Waals surface area contributed by atoms with Crippen LogP contribution in [-0.2, 0) is 0 Å². The SMILES string of the molecule is CC1(C)NCCC1c1ccc(F)c(Cl)c1. The second-order valence-corrected chi connectivity index (χ2v) is 5.07. The molecule has 1 saturated heterocycles. The number of hydrogen-bond donors (Lipinski definition) is 1. The van der Waals surface area contributed by atoms with Crippen LogP contribution in [0, 0.1) is 5.82 Å². The predicted octanol–water partition coefficient (Wildman–Crippen LogP) is 3.33. The molecule has 1 heterocycles. The molecule has 1 aliphatic heterocycles. The van der Waals surface area contributed by atoms with Crippen molar-refractivity contribution >= 4 is 11.6 Å². The smallest absolute Gasteiger partial charge is 0.141 e. The van der Waals surface area contributed by atoms with E-state index in [1.54, 1.807) is 6.07 Å². The van der Waals surface area contributed by atoms with Gasteiger partial charge in [0.25, 0.3) is 0 Å². The molecule has 1 atom stereocenters. The first-order valence-corrected chi connectivity index (χ1v) is 5.58. The van der Waals surface area contributed by atoms with Crippen molar-refractivity contribution in [2.24, 2.45) is 0 Å². The first kappa shape index (κ1) is 10.9. The molecule has 0 spiro atoms. The van der Waals surface area contributed by atoms with E-state index in [4.69, 9.17) is 11.6 Å². The number of hydrogen-bond acceptors (Lipinski definition) is 1. The Bertz CT molecular complexity index is 376. The van der Waals surface area contributed by atoms with Gasteiger partial charge < -0.3 is 5.32 Å². The highest BCUT2D eigenvalue weighted by Crippen LogP contribution is 2.36. The van der Waals surface area contributed by atoms with Crippen LogP contribution in [0.1, 0.15) is 31.7 Å². The zero-order valence-corrected chi connectivity index (χ0v) is 9.74. The summed E-state index contributed by atoms with van der Waals surface area (Å²) in [6.45, 7) is 5.34. The molecule has 0 aromatic heterocycles. The average Bonchev–Trinajstić information content (AvgIpc) is 2.50. The molecule has 0 saturated carbocycles. The van der Waals surface area contributed by atoms with Crippen LogP contribution in [0.4, 0.5) is 4.39 Å². The average molecular weight is 228 g/mol. The molecule has 1 aromatic rings. The summed E-state index contributed by atoms with van der Waals surface area (Å²) in [5, 5.41) is 3.66. The van der Waals surface area contributed by atoms with Gasteiger partial charge in [-0.05, 0) is 44.5 Å². The van der Waals surface area contributed by atoms with Crippen LogP contribution in [0.25, 0.3) is 0 Å². The number of nitrogens with one attached hydrogen (secondary N) is 1. The van der Waals surface area contributed by atoms with Gasteiger partial charge in [0.05, 0.1) is 5.02 Å². The van der Waals surface area contributed by atoms with E-state index in [1.165, 1.54) is 6.07 Å². The van der Waals surface area contributed by atoms with E-state index in [1.807, 2.05) is 6.07 Å². The van der Waals surface area contributed by atoms with Crippen LogP contribution >= 0.6 is 11.6 Å². The van der Waals surface area contributed by atoms with Crippen molar-refractivity contribution in [1.82, 2.24) is 5.32 Å². The van der Waals surface area contributed by atoms with Crippen LogP contribution in [0.3, 0.4) is 0 Å². The standard InChI is InChI=1S/C12H15ClFN/c1-12(2)9(5-6-15-12)8-3-4-11(14)10(13)7-8/h3-4,7,9,15H,5-6H2,1-2H3. The van der Waals surface area contributed by atoms with Gasteiger partial charge in [-0.1, -0.05) is 17.7 Å². The summed E-state index contributed by atoms with van der Waals surface area (Å²) >= 11 is 5.79. The summed E-state index contributed by atoms with van der Waals surface area (Å²) in [7, 11) is 0. The fourth-order valence-electron chi connectivity index (χ4n) is 2.34. The molecule has 0 aliphatic carbocycles. The van der Waals surface area contributed by atoms with Gasteiger partial charge in [0, 0.05) is 11.5 Å². The second kappa shape index (κ2) is 3.76. The normalized spacial score (nSPS) is 24.4. The topological polar surface area (TPSA) is 12.0 Å². The second-order valence-electron chi connectivity index (χ2n) is 4.66. The molecule has 1 nitrogen and oxygen atoms in total. The van der Waals surface area contributed by atoms with Crippen molar-refractivity contribution < 1.29 is 4.39 Å². The molecule has 1 unspecified atom stereocenters. The largest absolute Gasteiger partial charge is 0.311 e. The highest BCUT2D eigenvalue weighted by Gasteiger charge is 2.35. The van der Waals surface area contributed by atoms with E-state index in [-0.39, 0.29) is 16.4 Å². The molecule has 15 heavy (non-hydrogen) atoms. The van der Waals surface area contributed by atoms with Crippen molar-refractivity contribution in [3.8, 4) is 0 Å². The summed E-state index contributed by atoms with van der Waals surface area (Å²) in [4.78, 5) is 0. The third-order valence-electron chi connectivity index (χ3n) is 3.23. The third kappa shape index (κ3) is 2.01. The van der Waals surface area contributed by atoms with Gasteiger partial charge >= 0.3 is 0 Å². The Balaban J connectivity index is 2.33. The quantitative estimate of drug-likeness (QED) is 0.776. The van der Waals surface area contributed by atoms with Gasteiger partial charge in [-0.25, -0.2) is 4.39 Å². The molecule has 1 fully saturated rings. The number of halogens is 2. The molecule has 3 heteroatoms. The molecule has 2 rings (SSSR count). The van der Waals surface area contributed by atoms with Gasteiger partial charge in [-0.2, -0.15) is 0 Å². The Morgan fingerprint density at radius 1 is 1.47 bits per heavy atom. The van der Waals surface area contributed by atoms with Crippen molar-refractivity contribution in [2.45, 2.75) is 31.7 Å². The predicted molar refractivity (Wildman–Crippen MR) is 60.8 cm³/mol. The van der Waals surface area contributed by atoms with Crippen LogP contribution in [0.2, 0.25) is 5.02 Å². The number of rotatable bonds is 1. The first-order valence-electron chi connectivity index (χ1n) is 5.21. The molecule has 82 valence electrons. The lowest BCUT2D eigenvalue weighted by Gasteiger charge is -2.27. The lowest BCUT2D eigenvalue weighted by atomic mass is 9.83. The molecule has 0 bridgehead atoms. The number of benzene rings is 1. The van der Waals surface area contributed by atoms with E-state index in [9.17, 15) is 4.39 Å². The van der Waals surface area contributed by atoms with E-state index >= 15 is 0 Å². The van der Waals surface area contributed by atoms with Crippen LogP contribution in [0.5, 0.6) is 0 Å². The molecular weight excluding hydrogens is 213 g/mol. The van der Waals surface area contributed by atoms with Crippen LogP contribution < -0.4 is 5.32 Å². The van der Waals surface area contributed by atoms with E-state index in [2.05, 4.69) is 19.2 Å². The van der Waals surface area contributed by atoms with Crippen LogP contribution in [-0.4, -0.2) is 12.1 Å². The fourth-order valence-corrected chi connectivity index (χ4v) is 2.52. The highest BCUT2D eigenvalue weighted by molar-refractivity contribution is 6.30. The monoisotopic (exact) mass is 227 g/mol. The Morgan fingerprint density at radius 3 is 2.73 bits per heavy atom. The highest BCUT2D eigenvalue weighted by atomic mass is 35.5. The van der Waals surface area contributed by atoms with Crippen LogP contribution in [0.15, 0.2) is 18.2 Å². The zero-order valence-electron chi connectivity index (χ0n) is 8.98. The van der Waals surface area contributed by atoms with Gasteiger partial charge in [0.15, 0.2) is 0 Å². The maximum Gasteiger partial charge on any atom is 0.141 e. The third-order valence-corrected chi connectivity index (χ3v) is 3.52. The Hall–Kier alpha value is -0.600. The van der Waals surface area contributed by atoms with Crippen molar-refractivity contribution in [1.29, 1.82) is 0 Å². The van der Waals surface area contributed by atoms with Gasteiger partial charge in [0.2, 0.25) is 0 Å². The van der Waals surface area contributed by atoms with Gasteiger partial charge in [0.1, 0.15) is 5.82 Å². The van der Waals surface area contributed by atoms with E-state index in [0.29, 0.717) is 5.92 Å². The molecule has 0 radical (unpaired) electrons. The first-order chi connectivity index (χ1) is 7.00. The summed E-state index contributed by atoms with van der Waals surface area (Å²) in [6, 6.07) is 5.03. The molecular formula is C12H15ClFN. The van der Waals surface area contributed by atoms with E-state index in [0.717, 1.165) is 18.5 Å². The van der Waals surface area contributed by atoms with Crippen molar-refractivity contribution in [3.63, 3.8) is 0 Å². The van der Waals surface area contributed by atoms with Crippen molar-refractivity contribution in [2.75, 3.05) is 6.54 Å². The summed E-state index contributed by atoms with van der Waals surface area (Å²) in [5.41, 5.74) is 1.19. The zero-order chi connectivity index (χ0) is 11.1. The Labute approximate surface area is 94.6 Å². The minimum atomic E-state index is -0.343.